The van der Waals surface area contributed by atoms with Gasteiger partial charge in [-0.1, -0.05) is 30.3 Å². The smallest absolute Gasteiger partial charge is 0.394 e. The highest BCUT2D eigenvalue weighted by Gasteiger charge is 2.45. The molecule has 0 saturated carbocycles. The molecule has 0 unspecified atom stereocenters. The molecule has 4 N–H and O–H groups in total. The zero-order valence-electron chi connectivity index (χ0n) is 15.5. The lowest BCUT2D eigenvalue weighted by atomic mass is 10.1. The molecule has 30 heavy (non-hydrogen) atoms. The van der Waals surface area contributed by atoms with Crippen LogP contribution in [0.3, 0.4) is 0 Å². The molecule has 1 saturated heterocycles. The molecule has 4 rings (SSSR count). The number of aliphatic hydroxyl groups is 3. The molecule has 0 amide bonds. The standard InChI is InChI=1S/C19H19F3N4O4/c20-19(21,22)11-7-26(18-15(29)14(28)12(8-27)30-18)17-13(11)16(24-9-25-17)23-6-10-4-2-1-3-5-10/h1-5,7,9,12,14-15,18,27-29H,6,8H2,(H,23,24,25)/t12-,14-,15-,18-/m1/s1. The Morgan fingerprint density at radius 2 is 1.83 bits per heavy atom. The summed E-state index contributed by atoms with van der Waals surface area (Å²) in [6.45, 7) is -0.359. The van der Waals surface area contributed by atoms with Crippen LogP contribution in [0.5, 0.6) is 0 Å². The zero-order chi connectivity index (χ0) is 21.5. The van der Waals surface area contributed by atoms with E-state index in [-0.39, 0.29) is 23.4 Å². The van der Waals surface area contributed by atoms with Gasteiger partial charge in [-0.15, -0.1) is 0 Å². The predicted octanol–water partition coefficient (Wildman–Crippen LogP) is 1.67. The highest BCUT2D eigenvalue weighted by Crippen LogP contribution is 2.41. The van der Waals surface area contributed by atoms with Gasteiger partial charge in [0.1, 0.15) is 36.1 Å². The van der Waals surface area contributed by atoms with E-state index in [1.165, 1.54) is 0 Å². The van der Waals surface area contributed by atoms with Crippen molar-refractivity contribution in [3.8, 4) is 0 Å². The van der Waals surface area contributed by atoms with Crippen molar-refractivity contribution >= 4 is 16.9 Å². The van der Waals surface area contributed by atoms with E-state index in [9.17, 15) is 28.5 Å². The number of aromatic nitrogens is 3. The first-order valence-electron chi connectivity index (χ1n) is 9.14. The van der Waals surface area contributed by atoms with Crippen LogP contribution in [0.4, 0.5) is 19.0 Å². The number of alkyl halides is 3. The van der Waals surface area contributed by atoms with Gasteiger partial charge in [-0.3, -0.25) is 0 Å². The molecule has 160 valence electrons. The molecule has 1 aliphatic rings. The molecule has 0 radical (unpaired) electrons. The minimum atomic E-state index is -4.73. The third-order valence-corrected chi connectivity index (χ3v) is 5.01. The first-order chi connectivity index (χ1) is 14.3. The number of aliphatic hydroxyl groups excluding tert-OH is 3. The Labute approximate surface area is 168 Å². The number of hydrogen-bond acceptors (Lipinski definition) is 7. The highest BCUT2D eigenvalue weighted by molar-refractivity contribution is 5.91. The third kappa shape index (κ3) is 3.60. The fraction of sp³-hybridized carbons (Fsp3) is 0.368. The number of nitrogens with one attached hydrogen (secondary N) is 1. The van der Waals surface area contributed by atoms with Crippen molar-refractivity contribution in [2.24, 2.45) is 0 Å². The Kier molecular flexibility index (Phi) is 5.36. The van der Waals surface area contributed by atoms with Crippen LogP contribution in [0.25, 0.3) is 11.0 Å². The van der Waals surface area contributed by atoms with Gasteiger partial charge in [0.15, 0.2) is 6.23 Å². The first kappa shape index (κ1) is 20.5. The quantitative estimate of drug-likeness (QED) is 0.493. The summed E-state index contributed by atoms with van der Waals surface area (Å²) >= 11 is 0. The minimum Gasteiger partial charge on any atom is -0.394 e. The molecule has 1 aromatic carbocycles. The molecule has 0 bridgehead atoms. The molecule has 0 aliphatic carbocycles. The van der Waals surface area contributed by atoms with Crippen molar-refractivity contribution in [2.45, 2.75) is 37.3 Å². The molecular weight excluding hydrogens is 405 g/mol. The second-order valence-corrected chi connectivity index (χ2v) is 6.94. The average molecular weight is 424 g/mol. The van der Waals surface area contributed by atoms with Gasteiger partial charge in [-0.25, -0.2) is 9.97 Å². The summed E-state index contributed by atoms with van der Waals surface area (Å²) in [5.74, 6) is -0.0262. The van der Waals surface area contributed by atoms with Gasteiger partial charge in [0, 0.05) is 12.7 Å². The van der Waals surface area contributed by atoms with Crippen LogP contribution < -0.4 is 5.32 Å². The highest BCUT2D eigenvalue weighted by atomic mass is 19.4. The number of ether oxygens (including phenoxy) is 1. The van der Waals surface area contributed by atoms with Crippen molar-refractivity contribution in [2.75, 3.05) is 11.9 Å². The van der Waals surface area contributed by atoms with Crippen molar-refractivity contribution < 1.29 is 33.2 Å². The van der Waals surface area contributed by atoms with Crippen LogP contribution in [-0.4, -0.2) is 54.8 Å². The molecule has 4 atom stereocenters. The van der Waals surface area contributed by atoms with Gasteiger partial charge in [0.25, 0.3) is 0 Å². The number of nitrogens with zero attached hydrogens (tertiary/aromatic N) is 3. The van der Waals surface area contributed by atoms with E-state index in [1.807, 2.05) is 30.3 Å². The number of fused-ring (bicyclic) bond motifs is 1. The van der Waals surface area contributed by atoms with Gasteiger partial charge < -0.3 is 29.9 Å². The van der Waals surface area contributed by atoms with E-state index in [0.717, 1.165) is 22.7 Å². The Morgan fingerprint density at radius 3 is 2.47 bits per heavy atom. The van der Waals surface area contributed by atoms with Crippen molar-refractivity contribution in [1.29, 1.82) is 0 Å². The van der Waals surface area contributed by atoms with E-state index in [1.54, 1.807) is 0 Å². The van der Waals surface area contributed by atoms with Gasteiger partial charge in [-0.05, 0) is 5.56 Å². The fourth-order valence-electron chi connectivity index (χ4n) is 3.52. The lowest BCUT2D eigenvalue weighted by Gasteiger charge is -2.17. The minimum absolute atomic E-state index is 0.0262. The lowest BCUT2D eigenvalue weighted by molar-refractivity contribution is -0.136. The van der Waals surface area contributed by atoms with Gasteiger partial charge in [0.05, 0.1) is 17.6 Å². The van der Waals surface area contributed by atoms with E-state index < -0.39 is 42.9 Å². The Bertz CT molecular complexity index is 1030. The van der Waals surface area contributed by atoms with Crippen molar-refractivity contribution in [3.05, 3.63) is 54.0 Å². The summed E-state index contributed by atoms with van der Waals surface area (Å²) in [6.07, 6.45) is -8.34. The van der Waals surface area contributed by atoms with Crippen molar-refractivity contribution in [3.63, 3.8) is 0 Å². The molecule has 2 aromatic heterocycles. The molecule has 0 spiro atoms. The summed E-state index contributed by atoms with van der Waals surface area (Å²) in [5.41, 5.74) is -0.283. The first-order valence-corrected chi connectivity index (χ1v) is 9.14. The number of rotatable bonds is 5. The van der Waals surface area contributed by atoms with E-state index in [2.05, 4.69) is 15.3 Å². The Balaban J connectivity index is 1.78. The molecule has 1 fully saturated rings. The topological polar surface area (TPSA) is 113 Å². The molecule has 1 aliphatic heterocycles. The summed E-state index contributed by atoms with van der Waals surface area (Å²) < 4.78 is 47.8. The molecule has 11 heteroatoms. The number of anilines is 1. The second-order valence-electron chi connectivity index (χ2n) is 6.94. The molecule has 8 nitrogen and oxygen atoms in total. The summed E-state index contributed by atoms with van der Waals surface area (Å²) in [6, 6.07) is 9.09. The van der Waals surface area contributed by atoms with Crippen LogP contribution in [-0.2, 0) is 17.5 Å². The van der Waals surface area contributed by atoms with Crippen LogP contribution in [0.1, 0.15) is 17.4 Å². The monoisotopic (exact) mass is 424 g/mol. The maximum absolute atomic E-state index is 13.8. The molecule has 3 heterocycles. The largest absolute Gasteiger partial charge is 0.418 e. The van der Waals surface area contributed by atoms with Crippen LogP contribution >= 0.6 is 0 Å². The van der Waals surface area contributed by atoms with Crippen molar-refractivity contribution in [1.82, 2.24) is 14.5 Å². The predicted molar refractivity (Wildman–Crippen MR) is 99.3 cm³/mol. The zero-order valence-corrected chi connectivity index (χ0v) is 15.5. The van der Waals surface area contributed by atoms with Gasteiger partial charge >= 0.3 is 6.18 Å². The number of hydrogen-bond donors (Lipinski definition) is 4. The summed E-state index contributed by atoms with van der Waals surface area (Å²) in [7, 11) is 0. The lowest BCUT2D eigenvalue weighted by Crippen LogP contribution is -2.33. The van der Waals surface area contributed by atoms with Crippen LogP contribution in [0.15, 0.2) is 42.9 Å². The average Bonchev–Trinajstić information content (AvgIpc) is 3.26. The maximum Gasteiger partial charge on any atom is 0.418 e. The Morgan fingerprint density at radius 1 is 1.10 bits per heavy atom. The maximum atomic E-state index is 13.8. The summed E-state index contributed by atoms with van der Waals surface area (Å²) in [4.78, 5) is 7.94. The van der Waals surface area contributed by atoms with E-state index >= 15 is 0 Å². The normalized spacial score (nSPS) is 24.5. The molecule has 3 aromatic rings. The number of halogens is 3. The second kappa shape index (κ2) is 7.84. The fourth-order valence-corrected chi connectivity index (χ4v) is 3.52. The van der Waals surface area contributed by atoms with Gasteiger partial charge in [0.2, 0.25) is 0 Å². The third-order valence-electron chi connectivity index (χ3n) is 5.01. The Hall–Kier alpha value is -2.73. The van der Waals surface area contributed by atoms with Gasteiger partial charge in [-0.2, -0.15) is 13.2 Å². The van der Waals surface area contributed by atoms with Crippen LogP contribution in [0.2, 0.25) is 0 Å². The van der Waals surface area contributed by atoms with Crippen LogP contribution in [0, 0.1) is 0 Å². The van der Waals surface area contributed by atoms with E-state index in [0.29, 0.717) is 0 Å². The molecular formula is C19H19F3N4O4. The number of benzene rings is 1. The summed E-state index contributed by atoms with van der Waals surface area (Å²) in [5, 5.41) is 32.1. The SMILES string of the molecule is OC[C@H]1O[C@@H](n2cc(C(F)(F)F)c3c(NCc4ccccc4)ncnc32)[C@H](O)[C@@H]1O. The van der Waals surface area contributed by atoms with E-state index in [4.69, 9.17) is 4.74 Å².